The van der Waals surface area contributed by atoms with E-state index < -0.39 is 0 Å². The first-order chi connectivity index (χ1) is 15.7. The van der Waals surface area contributed by atoms with Crippen LogP contribution in [0.15, 0.2) is 48.5 Å². The van der Waals surface area contributed by atoms with Crippen molar-refractivity contribution in [1.29, 1.82) is 0 Å². The number of anilines is 1. The Morgan fingerprint density at radius 3 is 2.44 bits per heavy atom. The molecule has 0 radical (unpaired) electrons. The standard InChI is InChI=1S/C25H32N2O5/c1-2-30-25(28)20-3-5-21(6-4-20)27-12-11-24(19-27)32-23-9-7-22(8-10-23)31-18-15-26-13-16-29-17-14-26/h3-10,24H,2,11-19H2,1H3/t24-/m0/s1. The zero-order chi connectivity index (χ0) is 22.2. The highest BCUT2D eigenvalue weighted by Gasteiger charge is 2.24. The van der Waals surface area contributed by atoms with E-state index in [1.54, 1.807) is 0 Å². The number of nitrogens with zero attached hydrogens (tertiary/aromatic N) is 2. The summed E-state index contributed by atoms with van der Waals surface area (Å²) in [5.74, 6) is 1.44. The highest BCUT2D eigenvalue weighted by atomic mass is 16.5. The van der Waals surface area contributed by atoms with Crippen LogP contribution in [0.3, 0.4) is 0 Å². The highest BCUT2D eigenvalue weighted by Crippen LogP contribution is 2.25. The Balaban J connectivity index is 1.21. The number of benzene rings is 2. The summed E-state index contributed by atoms with van der Waals surface area (Å²) in [6.45, 7) is 9.09. The number of esters is 1. The molecule has 7 heteroatoms. The maximum absolute atomic E-state index is 11.8. The summed E-state index contributed by atoms with van der Waals surface area (Å²) < 4.78 is 22.5. The van der Waals surface area contributed by atoms with Crippen molar-refractivity contribution < 1.29 is 23.7 Å². The van der Waals surface area contributed by atoms with Crippen molar-refractivity contribution in [3.63, 3.8) is 0 Å². The van der Waals surface area contributed by atoms with Gasteiger partial charge in [-0.05, 0) is 55.5 Å². The molecule has 4 rings (SSSR count). The molecule has 0 aromatic heterocycles. The van der Waals surface area contributed by atoms with Crippen LogP contribution in [0, 0.1) is 0 Å². The Bertz CT molecular complexity index is 850. The second-order valence-corrected chi connectivity index (χ2v) is 8.02. The van der Waals surface area contributed by atoms with E-state index >= 15 is 0 Å². The van der Waals surface area contributed by atoms with E-state index in [1.807, 2.05) is 55.5 Å². The first kappa shape index (κ1) is 22.4. The number of morpholine rings is 1. The predicted octanol–water partition coefficient (Wildman–Crippen LogP) is 3.23. The molecule has 0 amide bonds. The monoisotopic (exact) mass is 440 g/mol. The average molecular weight is 441 g/mol. The van der Waals surface area contributed by atoms with Crippen LogP contribution in [0.4, 0.5) is 5.69 Å². The fraction of sp³-hybridized carbons (Fsp3) is 0.480. The summed E-state index contributed by atoms with van der Waals surface area (Å²) in [4.78, 5) is 16.5. The van der Waals surface area contributed by atoms with E-state index in [-0.39, 0.29) is 12.1 Å². The lowest BCUT2D eigenvalue weighted by Crippen LogP contribution is -2.38. The normalized spacial score (nSPS) is 19.0. The number of ether oxygens (including phenoxy) is 4. The van der Waals surface area contributed by atoms with E-state index in [1.165, 1.54) is 0 Å². The Morgan fingerprint density at radius 1 is 1.00 bits per heavy atom. The first-order valence-electron chi connectivity index (χ1n) is 11.4. The average Bonchev–Trinajstić information content (AvgIpc) is 3.30. The van der Waals surface area contributed by atoms with E-state index in [2.05, 4.69) is 9.80 Å². The van der Waals surface area contributed by atoms with Gasteiger partial charge in [0.2, 0.25) is 0 Å². The molecule has 2 heterocycles. The van der Waals surface area contributed by atoms with Crippen LogP contribution in [0.5, 0.6) is 11.5 Å². The summed E-state index contributed by atoms with van der Waals surface area (Å²) in [7, 11) is 0. The first-order valence-corrected chi connectivity index (χ1v) is 11.4. The van der Waals surface area contributed by atoms with Gasteiger partial charge in [0.1, 0.15) is 24.2 Å². The molecule has 0 saturated carbocycles. The molecule has 2 aromatic rings. The van der Waals surface area contributed by atoms with Gasteiger partial charge >= 0.3 is 5.97 Å². The fourth-order valence-corrected chi connectivity index (χ4v) is 4.01. The Hall–Kier alpha value is -2.77. The van der Waals surface area contributed by atoms with Gasteiger partial charge in [-0.15, -0.1) is 0 Å². The van der Waals surface area contributed by atoms with Crippen molar-refractivity contribution in [2.75, 3.05) is 64.1 Å². The largest absolute Gasteiger partial charge is 0.492 e. The fourth-order valence-electron chi connectivity index (χ4n) is 4.01. The van der Waals surface area contributed by atoms with Gasteiger partial charge in [-0.1, -0.05) is 0 Å². The summed E-state index contributed by atoms with van der Waals surface area (Å²) in [5, 5.41) is 0. The SMILES string of the molecule is CCOC(=O)c1ccc(N2CC[C@H](Oc3ccc(OCCN4CCOCC4)cc3)C2)cc1. The van der Waals surface area contributed by atoms with Crippen LogP contribution >= 0.6 is 0 Å². The van der Waals surface area contributed by atoms with Gasteiger partial charge < -0.3 is 23.8 Å². The molecule has 0 unspecified atom stereocenters. The van der Waals surface area contributed by atoms with Crippen molar-refractivity contribution in [1.82, 2.24) is 4.90 Å². The maximum Gasteiger partial charge on any atom is 0.338 e. The molecule has 0 N–H and O–H groups in total. The van der Waals surface area contributed by atoms with Crippen molar-refractivity contribution in [3.8, 4) is 11.5 Å². The third-order valence-corrected chi connectivity index (χ3v) is 5.80. The molecule has 32 heavy (non-hydrogen) atoms. The molecule has 2 aromatic carbocycles. The smallest absolute Gasteiger partial charge is 0.338 e. The van der Waals surface area contributed by atoms with Crippen molar-refractivity contribution in [2.24, 2.45) is 0 Å². The molecule has 0 aliphatic carbocycles. The molecular weight excluding hydrogens is 408 g/mol. The van der Waals surface area contributed by atoms with Crippen LogP contribution in [0.2, 0.25) is 0 Å². The summed E-state index contributed by atoms with van der Waals surface area (Å²) >= 11 is 0. The molecule has 2 aliphatic heterocycles. The van der Waals surface area contributed by atoms with Gasteiger partial charge in [0.15, 0.2) is 0 Å². The summed E-state index contributed by atoms with van der Waals surface area (Å²) in [5.41, 5.74) is 1.67. The third-order valence-electron chi connectivity index (χ3n) is 5.80. The van der Waals surface area contributed by atoms with E-state index in [0.717, 1.165) is 69.5 Å². The zero-order valence-corrected chi connectivity index (χ0v) is 18.7. The number of carbonyl (C=O) groups is 1. The van der Waals surface area contributed by atoms with Crippen LogP contribution in [0.1, 0.15) is 23.7 Å². The molecule has 2 fully saturated rings. The van der Waals surface area contributed by atoms with Gasteiger partial charge in [0, 0.05) is 38.3 Å². The minimum Gasteiger partial charge on any atom is -0.492 e. The molecule has 2 aliphatic rings. The van der Waals surface area contributed by atoms with Crippen molar-refractivity contribution >= 4 is 11.7 Å². The maximum atomic E-state index is 11.8. The minimum absolute atomic E-state index is 0.132. The Kier molecular flexibility index (Phi) is 7.85. The molecule has 7 nitrogen and oxygen atoms in total. The molecule has 1 atom stereocenters. The molecule has 2 saturated heterocycles. The summed E-state index contributed by atoms with van der Waals surface area (Å²) in [6, 6.07) is 15.5. The van der Waals surface area contributed by atoms with Crippen LogP contribution in [-0.4, -0.2) is 76.1 Å². The van der Waals surface area contributed by atoms with Gasteiger partial charge in [-0.3, -0.25) is 4.90 Å². The highest BCUT2D eigenvalue weighted by molar-refractivity contribution is 5.89. The lowest BCUT2D eigenvalue weighted by Gasteiger charge is -2.26. The molecular formula is C25H32N2O5. The molecule has 0 spiro atoms. The molecule has 172 valence electrons. The summed E-state index contributed by atoms with van der Waals surface area (Å²) in [6.07, 6.45) is 1.09. The van der Waals surface area contributed by atoms with E-state index in [9.17, 15) is 4.79 Å². The Labute approximate surface area is 189 Å². The van der Waals surface area contributed by atoms with Crippen LogP contribution in [0.25, 0.3) is 0 Å². The van der Waals surface area contributed by atoms with Crippen LogP contribution < -0.4 is 14.4 Å². The van der Waals surface area contributed by atoms with E-state index in [0.29, 0.717) is 18.8 Å². The van der Waals surface area contributed by atoms with E-state index in [4.69, 9.17) is 18.9 Å². The van der Waals surface area contributed by atoms with Crippen LogP contribution in [-0.2, 0) is 9.47 Å². The predicted molar refractivity (Wildman–Crippen MR) is 123 cm³/mol. The van der Waals surface area contributed by atoms with Gasteiger partial charge in [0.25, 0.3) is 0 Å². The Morgan fingerprint density at radius 2 is 1.72 bits per heavy atom. The van der Waals surface area contributed by atoms with Crippen molar-refractivity contribution in [2.45, 2.75) is 19.4 Å². The van der Waals surface area contributed by atoms with Gasteiger partial charge in [0.05, 0.1) is 31.9 Å². The number of rotatable bonds is 9. The minimum atomic E-state index is -0.282. The quantitative estimate of drug-likeness (QED) is 0.555. The topological polar surface area (TPSA) is 60.5 Å². The van der Waals surface area contributed by atoms with Gasteiger partial charge in [-0.2, -0.15) is 0 Å². The molecule has 0 bridgehead atoms. The third kappa shape index (κ3) is 6.14. The number of hydrogen-bond donors (Lipinski definition) is 0. The van der Waals surface area contributed by atoms with Gasteiger partial charge in [-0.25, -0.2) is 4.79 Å². The second-order valence-electron chi connectivity index (χ2n) is 8.02. The lowest BCUT2D eigenvalue weighted by atomic mass is 10.2. The van der Waals surface area contributed by atoms with Crippen molar-refractivity contribution in [3.05, 3.63) is 54.1 Å². The second kappa shape index (κ2) is 11.2. The number of carbonyl (C=O) groups excluding carboxylic acids is 1. The number of hydrogen-bond acceptors (Lipinski definition) is 7. The lowest BCUT2D eigenvalue weighted by molar-refractivity contribution is 0.0322. The zero-order valence-electron chi connectivity index (χ0n) is 18.7.